The molecule has 2 aromatic carbocycles. The molecule has 3 N–H and O–H groups in total. The number of amides is 3. The Morgan fingerprint density at radius 2 is 1.45 bits per heavy atom. The molecule has 1 atom stereocenters. The maximum atomic E-state index is 13.2. The van der Waals surface area contributed by atoms with Crippen molar-refractivity contribution in [1.82, 2.24) is 10.6 Å². The number of rotatable bonds is 4. The number of carbonyl (C=O) groups excluding carboxylic acids is 2. The third kappa shape index (κ3) is 3.37. The number of sulfonamides is 1. The highest BCUT2D eigenvalue weighted by Gasteiger charge is 2.43. The SMILES string of the molecule is Cc1c(C)c(C)c(S(=O)(=O)Nc2cccc(C3(C)NC(=O)NC3=O)c2)c(C)c1C. The molecule has 0 aliphatic carbocycles. The normalized spacial score (nSPS) is 19.1. The van der Waals surface area contributed by atoms with E-state index in [-0.39, 0.29) is 4.90 Å². The highest BCUT2D eigenvalue weighted by atomic mass is 32.2. The van der Waals surface area contributed by atoms with Crippen LogP contribution in [-0.2, 0) is 20.4 Å². The number of hydrogen-bond acceptors (Lipinski definition) is 4. The van der Waals surface area contributed by atoms with Gasteiger partial charge in [0.25, 0.3) is 15.9 Å². The van der Waals surface area contributed by atoms with Crippen molar-refractivity contribution in [3.63, 3.8) is 0 Å². The van der Waals surface area contributed by atoms with Crippen LogP contribution in [0.1, 0.15) is 40.3 Å². The van der Waals surface area contributed by atoms with Crippen LogP contribution < -0.4 is 15.4 Å². The van der Waals surface area contributed by atoms with Crippen molar-refractivity contribution in [1.29, 1.82) is 0 Å². The van der Waals surface area contributed by atoms with Gasteiger partial charge in [0.05, 0.1) is 4.90 Å². The topological polar surface area (TPSA) is 104 Å². The Bertz CT molecular complexity index is 1130. The Kier molecular flexibility index (Phi) is 4.94. The Morgan fingerprint density at radius 1 is 0.897 bits per heavy atom. The molecule has 0 spiro atoms. The van der Waals surface area contributed by atoms with Crippen LogP contribution in [0.2, 0.25) is 0 Å². The highest BCUT2D eigenvalue weighted by molar-refractivity contribution is 7.92. The van der Waals surface area contributed by atoms with Crippen LogP contribution in [-0.4, -0.2) is 20.4 Å². The van der Waals surface area contributed by atoms with Crippen molar-refractivity contribution in [2.75, 3.05) is 4.72 Å². The predicted molar refractivity (Wildman–Crippen MR) is 111 cm³/mol. The van der Waals surface area contributed by atoms with Crippen LogP contribution in [0, 0.1) is 34.6 Å². The van der Waals surface area contributed by atoms with Crippen molar-refractivity contribution in [3.8, 4) is 0 Å². The molecule has 29 heavy (non-hydrogen) atoms. The van der Waals surface area contributed by atoms with Crippen LogP contribution >= 0.6 is 0 Å². The van der Waals surface area contributed by atoms with Crippen LogP contribution in [0.5, 0.6) is 0 Å². The highest BCUT2D eigenvalue weighted by Crippen LogP contribution is 2.32. The zero-order valence-electron chi connectivity index (χ0n) is 17.4. The molecule has 3 amide bonds. The second-order valence-electron chi connectivity index (χ2n) is 7.67. The molecule has 0 aromatic heterocycles. The lowest BCUT2D eigenvalue weighted by molar-refractivity contribution is -0.123. The number of anilines is 1. The van der Waals surface area contributed by atoms with Gasteiger partial charge in [-0.1, -0.05) is 12.1 Å². The predicted octanol–water partition coefficient (Wildman–Crippen LogP) is 3.08. The largest absolute Gasteiger partial charge is 0.322 e. The first-order chi connectivity index (χ1) is 13.4. The van der Waals surface area contributed by atoms with Crippen LogP contribution in [0.15, 0.2) is 29.2 Å². The summed E-state index contributed by atoms with van der Waals surface area (Å²) in [6.07, 6.45) is 0. The summed E-state index contributed by atoms with van der Waals surface area (Å²) in [7, 11) is -3.86. The van der Waals surface area contributed by atoms with E-state index in [0.717, 1.165) is 16.7 Å². The number of carbonyl (C=O) groups is 2. The third-order valence-corrected chi connectivity index (χ3v) is 7.59. The lowest BCUT2D eigenvalue weighted by atomic mass is 9.92. The number of hydrogen-bond donors (Lipinski definition) is 3. The summed E-state index contributed by atoms with van der Waals surface area (Å²) in [5.41, 5.74) is 3.92. The Labute approximate surface area is 171 Å². The molecule has 0 bridgehead atoms. The molecule has 8 heteroatoms. The number of nitrogens with one attached hydrogen (secondary N) is 3. The minimum Gasteiger partial charge on any atom is -0.320 e. The van der Waals surface area contributed by atoms with Gasteiger partial charge in [0.2, 0.25) is 0 Å². The molecule has 2 aromatic rings. The fraction of sp³-hybridized carbons (Fsp3) is 0.333. The van der Waals surface area contributed by atoms with Gasteiger partial charge in [-0.3, -0.25) is 14.8 Å². The quantitative estimate of drug-likeness (QED) is 0.668. The standard InChI is InChI=1S/C21H25N3O4S/c1-11-12(2)14(4)18(15(5)13(11)3)29(27,28)24-17-9-7-8-16(10-17)21(6)19(25)22-20(26)23-21/h7-10,24H,1-6H3,(H2,22,23,25,26). The number of urea groups is 1. The summed E-state index contributed by atoms with van der Waals surface area (Å²) in [5, 5.41) is 4.79. The van der Waals surface area contributed by atoms with Crippen LogP contribution in [0.25, 0.3) is 0 Å². The van der Waals surface area contributed by atoms with Crippen LogP contribution in [0.3, 0.4) is 0 Å². The molecule has 154 valence electrons. The first kappa shape index (κ1) is 20.9. The summed E-state index contributed by atoms with van der Waals surface area (Å²) < 4.78 is 29.1. The molecule has 1 unspecified atom stereocenters. The van der Waals surface area contributed by atoms with Crippen LogP contribution in [0.4, 0.5) is 10.5 Å². The van der Waals surface area contributed by atoms with E-state index in [2.05, 4.69) is 15.4 Å². The number of benzene rings is 2. The maximum Gasteiger partial charge on any atom is 0.322 e. The summed E-state index contributed by atoms with van der Waals surface area (Å²) in [4.78, 5) is 24.0. The van der Waals surface area contributed by atoms with Crippen molar-refractivity contribution in [3.05, 3.63) is 57.6 Å². The monoisotopic (exact) mass is 415 g/mol. The van der Waals surface area contributed by atoms with Gasteiger partial charge >= 0.3 is 6.03 Å². The lowest BCUT2D eigenvalue weighted by Crippen LogP contribution is -2.40. The van der Waals surface area contributed by atoms with E-state index < -0.39 is 27.5 Å². The second-order valence-corrected chi connectivity index (χ2v) is 9.29. The van der Waals surface area contributed by atoms with E-state index >= 15 is 0 Å². The second kappa shape index (κ2) is 6.88. The molecule has 3 rings (SSSR count). The first-order valence-electron chi connectivity index (χ1n) is 9.22. The molecule has 0 saturated carbocycles. The molecule has 1 aliphatic rings. The molecular weight excluding hydrogens is 390 g/mol. The third-order valence-electron chi connectivity index (χ3n) is 5.94. The minimum absolute atomic E-state index is 0.265. The van der Waals surface area contributed by atoms with Crippen molar-refractivity contribution < 1.29 is 18.0 Å². The fourth-order valence-electron chi connectivity index (χ4n) is 3.72. The first-order valence-corrected chi connectivity index (χ1v) is 10.7. The van der Waals surface area contributed by atoms with Crippen molar-refractivity contribution in [2.24, 2.45) is 0 Å². The summed E-state index contributed by atoms with van der Waals surface area (Å²) >= 11 is 0. The molecule has 7 nitrogen and oxygen atoms in total. The minimum atomic E-state index is -3.86. The van der Waals surface area contributed by atoms with Gasteiger partial charge in [-0.2, -0.15) is 0 Å². The van der Waals surface area contributed by atoms with E-state index in [1.165, 1.54) is 0 Å². The molecule has 1 fully saturated rings. The maximum absolute atomic E-state index is 13.2. The summed E-state index contributed by atoms with van der Waals surface area (Å²) in [5.74, 6) is -0.487. The van der Waals surface area contributed by atoms with Gasteiger partial charge in [-0.25, -0.2) is 13.2 Å². The smallest absolute Gasteiger partial charge is 0.320 e. The van der Waals surface area contributed by atoms with Crippen molar-refractivity contribution in [2.45, 2.75) is 52.0 Å². The van der Waals surface area contributed by atoms with E-state index in [9.17, 15) is 18.0 Å². The van der Waals surface area contributed by atoms with Gasteiger partial charge in [-0.05, 0) is 87.1 Å². The Hall–Kier alpha value is -2.87. The fourth-order valence-corrected chi connectivity index (χ4v) is 5.37. The summed E-state index contributed by atoms with van der Waals surface area (Å²) in [6.45, 7) is 11.0. The average Bonchev–Trinajstić information content (AvgIpc) is 2.91. The van der Waals surface area contributed by atoms with Gasteiger partial charge in [0, 0.05) is 5.69 Å². The molecular formula is C21H25N3O4S. The molecule has 1 aliphatic heterocycles. The van der Waals surface area contributed by atoms with Gasteiger partial charge in [0.15, 0.2) is 0 Å². The average molecular weight is 416 g/mol. The van der Waals surface area contributed by atoms with E-state index in [1.54, 1.807) is 45.0 Å². The van der Waals surface area contributed by atoms with Gasteiger partial charge < -0.3 is 5.32 Å². The van der Waals surface area contributed by atoms with Crippen molar-refractivity contribution >= 4 is 27.6 Å². The Balaban J connectivity index is 2.04. The van der Waals surface area contributed by atoms with E-state index in [0.29, 0.717) is 22.4 Å². The van der Waals surface area contributed by atoms with Gasteiger partial charge in [0.1, 0.15) is 5.54 Å². The molecule has 1 heterocycles. The Morgan fingerprint density at radius 3 is 1.97 bits per heavy atom. The van der Waals surface area contributed by atoms with E-state index in [4.69, 9.17) is 0 Å². The van der Waals surface area contributed by atoms with E-state index in [1.807, 2.05) is 20.8 Å². The molecule has 1 saturated heterocycles. The zero-order chi connectivity index (χ0) is 21.7. The zero-order valence-corrected chi connectivity index (χ0v) is 18.2. The van der Waals surface area contributed by atoms with Gasteiger partial charge in [-0.15, -0.1) is 0 Å². The lowest BCUT2D eigenvalue weighted by Gasteiger charge is -2.22. The number of imide groups is 1. The summed E-state index contributed by atoms with van der Waals surface area (Å²) in [6, 6.07) is 5.89. The molecule has 0 radical (unpaired) electrons.